The fourth-order valence-electron chi connectivity index (χ4n) is 2.73. The van der Waals surface area contributed by atoms with Crippen molar-refractivity contribution in [2.75, 3.05) is 20.6 Å². The summed E-state index contributed by atoms with van der Waals surface area (Å²) in [4.78, 5) is 26.3. The number of likely N-dealkylation sites (N-methyl/N-ethyl adjacent to an activating group) is 1. The van der Waals surface area contributed by atoms with Gasteiger partial charge in [-0.05, 0) is 32.6 Å². The molecule has 0 aliphatic rings. The first-order chi connectivity index (χ1) is 12.4. The van der Waals surface area contributed by atoms with Crippen molar-refractivity contribution < 1.29 is 9.59 Å². The second-order valence-corrected chi connectivity index (χ2v) is 7.00. The van der Waals surface area contributed by atoms with E-state index in [1.807, 2.05) is 62.3 Å². The Labute approximate surface area is 160 Å². The highest BCUT2D eigenvalue weighted by atomic mass is 35.5. The summed E-state index contributed by atoms with van der Waals surface area (Å²) in [5, 5.41) is 3.59. The van der Waals surface area contributed by atoms with Crippen LogP contribution >= 0.6 is 11.6 Å². The normalized spacial score (nSPS) is 12.0. The molecule has 1 unspecified atom stereocenters. The predicted octanol–water partition coefficient (Wildman–Crippen LogP) is 4.03. The van der Waals surface area contributed by atoms with Crippen LogP contribution < -0.4 is 5.32 Å². The number of ketones is 1. The van der Waals surface area contributed by atoms with E-state index in [9.17, 15) is 9.59 Å². The maximum Gasteiger partial charge on any atom is 0.220 e. The number of nitrogens with zero attached hydrogens (tertiary/aromatic N) is 1. The highest BCUT2D eigenvalue weighted by Gasteiger charge is 2.18. The lowest BCUT2D eigenvalue weighted by Gasteiger charge is -2.26. The monoisotopic (exact) mass is 372 g/mol. The molecule has 0 fully saturated rings. The Bertz CT molecular complexity index is 757. The number of hydrogen-bond donors (Lipinski definition) is 1. The average Bonchev–Trinajstić information content (AvgIpc) is 2.61. The van der Waals surface area contributed by atoms with E-state index in [1.165, 1.54) is 0 Å². The molecule has 138 valence electrons. The fourth-order valence-corrected chi connectivity index (χ4v) is 2.99. The zero-order valence-corrected chi connectivity index (χ0v) is 16.2. The summed E-state index contributed by atoms with van der Waals surface area (Å²) in [5.74, 6) is -0.153. The Hall–Kier alpha value is -2.17. The number of hydrogen-bond acceptors (Lipinski definition) is 3. The number of carbonyl (C=O) groups excluding carboxylic acids is 2. The van der Waals surface area contributed by atoms with Crippen LogP contribution in [0.15, 0.2) is 48.5 Å². The molecule has 0 aliphatic carbocycles. The molecule has 2 aromatic carbocycles. The largest absolute Gasteiger partial charge is 0.354 e. The summed E-state index contributed by atoms with van der Waals surface area (Å²) in [5.41, 5.74) is 2.72. The van der Waals surface area contributed by atoms with E-state index in [4.69, 9.17) is 11.6 Å². The summed E-state index contributed by atoms with van der Waals surface area (Å²) in [6.07, 6.45) is 0.378. The van der Waals surface area contributed by atoms with E-state index >= 15 is 0 Å². The van der Waals surface area contributed by atoms with Gasteiger partial charge in [-0.25, -0.2) is 0 Å². The Morgan fingerprint density at radius 1 is 1.04 bits per heavy atom. The fraction of sp³-hybridized carbons (Fsp3) is 0.333. The minimum atomic E-state index is -0.135. The molecule has 0 radical (unpaired) electrons. The van der Waals surface area contributed by atoms with Gasteiger partial charge < -0.3 is 10.2 Å². The number of Topliss-reactive ketones (excluding diaryl/α,β-unsaturated/α-hetero) is 1. The van der Waals surface area contributed by atoms with Crippen LogP contribution in [0.25, 0.3) is 0 Å². The highest BCUT2D eigenvalue weighted by molar-refractivity contribution is 6.31. The molecule has 1 amide bonds. The molecule has 0 heterocycles. The lowest BCUT2D eigenvalue weighted by Crippen LogP contribution is -2.34. The molecular formula is C21H25ClN2O2. The standard InChI is InChI=1S/C21H25ClN2O2/c1-15-8-10-16(11-9-15)20(25)12-13-21(26)23-14-19(24(2)3)17-6-4-5-7-18(17)22/h4-11,19H,12-14H2,1-3H3,(H,23,26). The number of carbonyl (C=O) groups is 2. The van der Waals surface area contributed by atoms with Gasteiger partial charge in [-0.1, -0.05) is 59.6 Å². The Balaban J connectivity index is 1.87. The number of benzene rings is 2. The molecule has 2 rings (SSSR count). The van der Waals surface area contributed by atoms with E-state index in [0.717, 1.165) is 11.1 Å². The summed E-state index contributed by atoms with van der Waals surface area (Å²) >= 11 is 6.28. The third kappa shape index (κ3) is 5.68. The van der Waals surface area contributed by atoms with Gasteiger partial charge >= 0.3 is 0 Å². The SMILES string of the molecule is Cc1ccc(C(=O)CCC(=O)NCC(c2ccccc2Cl)N(C)C)cc1. The topological polar surface area (TPSA) is 49.4 Å². The van der Waals surface area contributed by atoms with E-state index in [0.29, 0.717) is 17.1 Å². The molecule has 5 heteroatoms. The van der Waals surface area contributed by atoms with Crippen molar-refractivity contribution in [3.63, 3.8) is 0 Å². The quantitative estimate of drug-likeness (QED) is 0.712. The van der Waals surface area contributed by atoms with Crippen LogP contribution in [0.3, 0.4) is 0 Å². The van der Waals surface area contributed by atoms with Gasteiger partial charge in [-0.2, -0.15) is 0 Å². The van der Waals surface area contributed by atoms with Crippen molar-refractivity contribution in [1.82, 2.24) is 10.2 Å². The van der Waals surface area contributed by atoms with Crippen molar-refractivity contribution in [3.8, 4) is 0 Å². The molecule has 1 atom stereocenters. The van der Waals surface area contributed by atoms with Gasteiger partial charge in [0.15, 0.2) is 5.78 Å². The smallest absolute Gasteiger partial charge is 0.220 e. The third-order valence-corrected chi connectivity index (χ3v) is 4.68. The maximum absolute atomic E-state index is 12.2. The van der Waals surface area contributed by atoms with Crippen LogP contribution in [0, 0.1) is 6.92 Å². The van der Waals surface area contributed by atoms with Crippen molar-refractivity contribution in [2.45, 2.75) is 25.8 Å². The lowest BCUT2D eigenvalue weighted by atomic mass is 10.0. The number of halogens is 1. The van der Waals surface area contributed by atoms with Crippen LogP contribution in [-0.4, -0.2) is 37.2 Å². The van der Waals surface area contributed by atoms with E-state index < -0.39 is 0 Å². The second-order valence-electron chi connectivity index (χ2n) is 6.59. The number of aryl methyl sites for hydroxylation is 1. The first-order valence-corrected chi connectivity index (χ1v) is 9.03. The van der Waals surface area contributed by atoms with E-state index in [1.54, 1.807) is 12.1 Å². The molecule has 0 saturated carbocycles. The summed E-state index contributed by atoms with van der Waals surface area (Å²) in [6, 6.07) is 15.0. The van der Waals surface area contributed by atoms with Gasteiger partial charge in [0.2, 0.25) is 5.91 Å². The van der Waals surface area contributed by atoms with Crippen molar-refractivity contribution >= 4 is 23.3 Å². The molecular weight excluding hydrogens is 348 g/mol. The van der Waals surface area contributed by atoms with Gasteiger partial charge in [0, 0.05) is 30.0 Å². The van der Waals surface area contributed by atoms with Crippen molar-refractivity contribution in [1.29, 1.82) is 0 Å². The minimum Gasteiger partial charge on any atom is -0.354 e. The third-order valence-electron chi connectivity index (χ3n) is 4.33. The second kappa shape index (κ2) is 9.51. The summed E-state index contributed by atoms with van der Waals surface area (Å²) < 4.78 is 0. The van der Waals surface area contributed by atoms with Gasteiger partial charge in [-0.15, -0.1) is 0 Å². The van der Waals surface area contributed by atoms with Crippen molar-refractivity contribution in [2.24, 2.45) is 0 Å². The average molecular weight is 373 g/mol. The van der Waals surface area contributed by atoms with Crippen LogP contribution in [-0.2, 0) is 4.79 Å². The van der Waals surface area contributed by atoms with Crippen LogP contribution in [0.4, 0.5) is 0 Å². The molecule has 0 bridgehead atoms. The number of amides is 1. The van der Waals surface area contributed by atoms with Gasteiger partial charge in [0.25, 0.3) is 0 Å². The summed E-state index contributed by atoms with van der Waals surface area (Å²) in [7, 11) is 3.89. The molecule has 26 heavy (non-hydrogen) atoms. The minimum absolute atomic E-state index is 0.0181. The summed E-state index contributed by atoms with van der Waals surface area (Å²) in [6.45, 7) is 2.41. The number of nitrogens with one attached hydrogen (secondary N) is 1. The molecule has 1 N–H and O–H groups in total. The maximum atomic E-state index is 12.2. The van der Waals surface area contributed by atoms with Gasteiger partial charge in [-0.3, -0.25) is 9.59 Å². The first kappa shape index (κ1) is 20.1. The van der Waals surface area contributed by atoms with E-state index in [-0.39, 0.29) is 30.6 Å². The highest BCUT2D eigenvalue weighted by Crippen LogP contribution is 2.25. The van der Waals surface area contributed by atoms with Crippen molar-refractivity contribution in [3.05, 3.63) is 70.2 Å². The Kier molecular flexibility index (Phi) is 7.37. The van der Waals surface area contributed by atoms with Gasteiger partial charge in [0.1, 0.15) is 0 Å². The van der Waals surface area contributed by atoms with Crippen LogP contribution in [0.1, 0.15) is 40.4 Å². The zero-order valence-electron chi connectivity index (χ0n) is 15.5. The molecule has 0 spiro atoms. The molecule has 4 nitrogen and oxygen atoms in total. The first-order valence-electron chi connectivity index (χ1n) is 8.66. The van der Waals surface area contributed by atoms with E-state index in [2.05, 4.69) is 5.32 Å². The lowest BCUT2D eigenvalue weighted by molar-refractivity contribution is -0.121. The Morgan fingerprint density at radius 2 is 1.69 bits per heavy atom. The van der Waals surface area contributed by atoms with Gasteiger partial charge in [0.05, 0.1) is 6.04 Å². The van der Waals surface area contributed by atoms with Crippen LogP contribution in [0.2, 0.25) is 5.02 Å². The number of rotatable bonds is 8. The molecule has 0 aromatic heterocycles. The Morgan fingerprint density at radius 3 is 2.31 bits per heavy atom. The van der Waals surface area contributed by atoms with Crippen LogP contribution in [0.5, 0.6) is 0 Å². The molecule has 0 aliphatic heterocycles. The predicted molar refractivity (Wildman–Crippen MR) is 106 cm³/mol. The zero-order chi connectivity index (χ0) is 19.1. The molecule has 2 aromatic rings. The molecule has 0 saturated heterocycles.